The predicted octanol–water partition coefficient (Wildman–Crippen LogP) is 4.52. The van der Waals surface area contributed by atoms with Gasteiger partial charge in [0.05, 0.1) is 16.2 Å². The second-order valence-corrected chi connectivity index (χ2v) is 8.33. The van der Waals surface area contributed by atoms with Crippen LogP contribution in [0.5, 0.6) is 0 Å². The summed E-state index contributed by atoms with van der Waals surface area (Å²) in [7, 11) is 0. The van der Waals surface area contributed by atoms with Gasteiger partial charge in [-0.3, -0.25) is 4.79 Å². The summed E-state index contributed by atoms with van der Waals surface area (Å²) in [6, 6.07) is 9.94. The van der Waals surface area contributed by atoms with Crippen LogP contribution in [0.25, 0.3) is 10.7 Å². The largest absolute Gasteiger partial charge is 0.349 e. The van der Waals surface area contributed by atoms with Crippen molar-refractivity contribution in [2.45, 2.75) is 43.8 Å². The summed E-state index contributed by atoms with van der Waals surface area (Å²) in [5.41, 5.74) is 0.860. The fraction of sp³-hybridized carbons (Fsp3) is 0.316. The quantitative estimate of drug-likeness (QED) is 0.588. The molecule has 142 valence electrons. The molecule has 3 rings (SSSR count). The molecular weight excluding hydrogens is 383 g/mol. The maximum atomic E-state index is 13.1. The predicted molar refractivity (Wildman–Crippen MR) is 107 cm³/mol. The number of benzene rings is 1. The molecule has 0 fully saturated rings. The van der Waals surface area contributed by atoms with E-state index in [9.17, 15) is 9.18 Å². The lowest BCUT2D eigenvalue weighted by molar-refractivity contribution is -0.120. The van der Waals surface area contributed by atoms with Crippen LogP contribution in [0.15, 0.2) is 46.9 Å². The topological polar surface area (TPSA) is 59.8 Å². The van der Waals surface area contributed by atoms with Crippen molar-refractivity contribution < 1.29 is 9.18 Å². The van der Waals surface area contributed by atoms with Gasteiger partial charge in [0.25, 0.3) is 0 Å². The summed E-state index contributed by atoms with van der Waals surface area (Å²) in [6.07, 6.45) is 0. The number of halogens is 1. The summed E-state index contributed by atoms with van der Waals surface area (Å²) < 4.78 is 15.1. The first kappa shape index (κ1) is 19.6. The number of rotatable bonds is 7. The Kier molecular flexibility index (Phi) is 6.28. The average Bonchev–Trinajstić information content (AvgIpc) is 3.31. The SMILES string of the molecule is CCn1c(S[C@@H](C)C(=O)N[C@H](C)c2ccc(F)cc2)nnc1-c1cccs1. The van der Waals surface area contributed by atoms with Crippen LogP contribution in [-0.2, 0) is 11.3 Å². The summed E-state index contributed by atoms with van der Waals surface area (Å²) in [5, 5.41) is 13.9. The van der Waals surface area contributed by atoms with E-state index in [-0.39, 0.29) is 23.0 Å². The summed E-state index contributed by atoms with van der Waals surface area (Å²) in [6.45, 7) is 6.48. The zero-order chi connectivity index (χ0) is 19.4. The maximum absolute atomic E-state index is 13.1. The molecule has 1 amide bonds. The normalized spacial score (nSPS) is 13.3. The highest BCUT2D eigenvalue weighted by molar-refractivity contribution is 8.00. The molecule has 8 heteroatoms. The molecule has 27 heavy (non-hydrogen) atoms. The molecule has 0 aliphatic rings. The molecule has 0 radical (unpaired) electrons. The number of carbonyl (C=O) groups is 1. The zero-order valence-electron chi connectivity index (χ0n) is 15.3. The third-order valence-electron chi connectivity index (χ3n) is 4.15. The van der Waals surface area contributed by atoms with Gasteiger partial charge >= 0.3 is 0 Å². The summed E-state index contributed by atoms with van der Waals surface area (Å²) >= 11 is 3.00. The molecule has 2 aromatic heterocycles. The van der Waals surface area contributed by atoms with Crippen LogP contribution in [0.2, 0.25) is 0 Å². The molecule has 0 saturated heterocycles. The van der Waals surface area contributed by atoms with Gasteiger partial charge in [-0.25, -0.2) is 4.39 Å². The second kappa shape index (κ2) is 8.67. The van der Waals surface area contributed by atoms with Gasteiger partial charge in [0.2, 0.25) is 5.91 Å². The van der Waals surface area contributed by atoms with Crippen LogP contribution in [0.4, 0.5) is 4.39 Å². The van der Waals surface area contributed by atoms with Crippen molar-refractivity contribution in [3.05, 3.63) is 53.2 Å². The van der Waals surface area contributed by atoms with Crippen LogP contribution < -0.4 is 5.32 Å². The number of hydrogen-bond donors (Lipinski definition) is 1. The number of carbonyl (C=O) groups excluding carboxylic acids is 1. The van der Waals surface area contributed by atoms with Gasteiger partial charge in [-0.15, -0.1) is 21.5 Å². The summed E-state index contributed by atoms with van der Waals surface area (Å²) in [4.78, 5) is 13.6. The first-order valence-electron chi connectivity index (χ1n) is 8.69. The smallest absolute Gasteiger partial charge is 0.233 e. The number of hydrogen-bond acceptors (Lipinski definition) is 5. The van der Waals surface area contributed by atoms with Gasteiger partial charge in [0, 0.05) is 6.54 Å². The Morgan fingerprint density at radius 3 is 2.63 bits per heavy atom. The number of nitrogens with one attached hydrogen (secondary N) is 1. The standard InChI is InChI=1S/C19H21FN4OS2/c1-4-24-17(16-6-5-11-26-16)22-23-19(24)27-13(3)18(25)21-12(2)14-7-9-15(20)10-8-14/h5-13H,4H2,1-3H3,(H,21,25)/t12-,13+/m1/s1. The minimum absolute atomic E-state index is 0.0971. The third kappa shape index (κ3) is 4.56. The van der Waals surface area contributed by atoms with Gasteiger partial charge in [-0.1, -0.05) is 30.0 Å². The fourth-order valence-corrected chi connectivity index (χ4v) is 4.27. The first-order valence-corrected chi connectivity index (χ1v) is 10.4. The number of thiophene rings is 1. The van der Waals surface area contributed by atoms with E-state index >= 15 is 0 Å². The molecule has 2 atom stereocenters. The lowest BCUT2D eigenvalue weighted by Gasteiger charge is -2.17. The molecule has 0 saturated carbocycles. The monoisotopic (exact) mass is 404 g/mol. The lowest BCUT2D eigenvalue weighted by Crippen LogP contribution is -2.33. The van der Waals surface area contributed by atoms with E-state index < -0.39 is 0 Å². The van der Waals surface area contributed by atoms with Crippen LogP contribution in [0.1, 0.15) is 32.4 Å². The van der Waals surface area contributed by atoms with E-state index in [2.05, 4.69) is 15.5 Å². The van der Waals surface area contributed by atoms with Gasteiger partial charge in [0.15, 0.2) is 11.0 Å². The first-order chi connectivity index (χ1) is 13.0. The van der Waals surface area contributed by atoms with E-state index in [1.165, 1.54) is 23.9 Å². The van der Waals surface area contributed by atoms with E-state index in [1.807, 2.05) is 42.9 Å². The number of thioether (sulfide) groups is 1. The van der Waals surface area contributed by atoms with Crippen molar-refractivity contribution in [1.82, 2.24) is 20.1 Å². The Labute approximate surface area is 166 Å². The molecule has 0 aliphatic carbocycles. The van der Waals surface area contributed by atoms with Gasteiger partial charge in [-0.05, 0) is 49.9 Å². The fourth-order valence-electron chi connectivity index (χ4n) is 2.63. The highest BCUT2D eigenvalue weighted by Gasteiger charge is 2.22. The molecule has 2 heterocycles. The number of amides is 1. The Balaban J connectivity index is 1.67. The number of aromatic nitrogens is 3. The molecule has 0 aliphatic heterocycles. The third-order valence-corrected chi connectivity index (χ3v) is 6.10. The Morgan fingerprint density at radius 2 is 2.00 bits per heavy atom. The van der Waals surface area contributed by atoms with Crippen molar-refractivity contribution >= 4 is 29.0 Å². The van der Waals surface area contributed by atoms with Crippen molar-refractivity contribution in [2.24, 2.45) is 0 Å². The van der Waals surface area contributed by atoms with Crippen molar-refractivity contribution in [3.63, 3.8) is 0 Å². The Hall–Kier alpha value is -2.19. The van der Waals surface area contributed by atoms with E-state index in [1.54, 1.807) is 23.5 Å². The molecule has 1 N–H and O–H groups in total. The molecule has 3 aromatic rings. The van der Waals surface area contributed by atoms with E-state index in [4.69, 9.17) is 0 Å². The van der Waals surface area contributed by atoms with Crippen LogP contribution in [0, 0.1) is 5.82 Å². The van der Waals surface area contributed by atoms with Gasteiger partial charge < -0.3 is 9.88 Å². The number of nitrogens with zero attached hydrogens (tertiary/aromatic N) is 3. The minimum Gasteiger partial charge on any atom is -0.349 e. The molecular formula is C19H21FN4OS2. The van der Waals surface area contributed by atoms with Crippen molar-refractivity contribution in [2.75, 3.05) is 0 Å². The Morgan fingerprint density at radius 1 is 1.26 bits per heavy atom. The highest BCUT2D eigenvalue weighted by Crippen LogP contribution is 2.29. The molecule has 0 bridgehead atoms. The van der Waals surface area contributed by atoms with Crippen LogP contribution in [-0.4, -0.2) is 25.9 Å². The Bertz CT molecular complexity index is 893. The maximum Gasteiger partial charge on any atom is 0.233 e. The molecule has 1 aromatic carbocycles. The van der Waals surface area contributed by atoms with Crippen molar-refractivity contribution in [1.29, 1.82) is 0 Å². The molecule has 0 unspecified atom stereocenters. The van der Waals surface area contributed by atoms with Gasteiger partial charge in [-0.2, -0.15) is 0 Å². The zero-order valence-corrected chi connectivity index (χ0v) is 17.0. The molecule has 5 nitrogen and oxygen atoms in total. The average molecular weight is 405 g/mol. The van der Waals surface area contributed by atoms with Crippen LogP contribution in [0.3, 0.4) is 0 Å². The van der Waals surface area contributed by atoms with Gasteiger partial charge in [0.1, 0.15) is 5.82 Å². The van der Waals surface area contributed by atoms with Crippen LogP contribution >= 0.6 is 23.1 Å². The molecule has 0 spiro atoms. The minimum atomic E-state index is -0.335. The lowest BCUT2D eigenvalue weighted by atomic mass is 10.1. The highest BCUT2D eigenvalue weighted by atomic mass is 32.2. The van der Waals surface area contributed by atoms with Crippen molar-refractivity contribution in [3.8, 4) is 10.7 Å². The summed E-state index contributed by atoms with van der Waals surface area (Å²) in [5.74, 6) is 0.434. The van der Waals surface area contributed by atoms with E-state index in [0.29, 0.717) is 0 Å². The van der Waals surface area contributed by atoms with E-state index in [0.717, 1.165) is 28.0 Å². The second-order valence-electron chi connectivity index (χ2n) is 6.07.